The molecule has 1 saturated carbocycles. The van der Waals surface area contributed by atoms with Crippen molar-refractivity contribution in [2.75, 3.05) is 26.8 Å². The first kappa shape index (κ1) is 14.7. The van der Waals surface area contributed by atoms with E-state index < -0.39 is 0 Å². The van der Waals surface area contributed by atoms with Crippen LogP contribution in [-0.2, 0) is 4.79 Å². The molecule has 2 N–H and O–H groups in total. The van der Waals surface area contributed by atoms with Gasteiger partial charge in [-0.05, 0) is 37.1 Å². The van der Waals surface area contributed by atoms with Gasteiger partial charge in [-0.3, -0.25) is 4.79 Å². The van der Waals surface area contributed by atoms with Crippen molar-refractivity contribution >= 4 is 5.91 Å². The third-order valence-electron chi connectivity index (χ3n) is 3.11. The molecule has 1 aliphatic carbocycles. The lowest BCUT2D eigenvalue weighted by atomic mass is 10.3. The molecule has 5 heteroatoms. The molecule has 0 bridgehead atoms. The summed E-state index contributed by atoms with van der Waals surface area (Å²) in [5.74, 6) is 1.64. The SMILES string of the molecule is COc1ccc(OCCNC(=O)CCNC2CC2)cc1. The van der Waals surface area contributed by atoms with E-state index in [1.165, 1.54) is 12.8 Å². The van der Waals surface area contributed by atoms with E-state index in [-0.39, 0.29) is 5.91 Å². The predicted molar refractivity (Wildman–Crippen MR) is 77.1 cm³/mol. The maximum absolute atomic E-state index is 11.5. The van der Waals surface area contributed by atoms with Crippen LogP contribution in [0.3, 0.4) is 0 Å². The van der Waals surface area contributed by atoms with Crippen LogP contribution >= 0.6 is 0 Å². The van der Waals surface area contributed by atoms with E-state index in [4.69, 9.17) is 9.47 Å². The molecule has 1 aliphatic rings. The molecule has 0 unspecified atom stereocenters. The van der Waals surface area contributed by atoms with Crippen molar-refractivity contribution in [3.63, 3.8) is 0 Å². The van der Waals surface area contributed by atoms with Gasteiger partial charge in [-0.25, -0.2) is 0 Å². The lowest BCUT2D eigenvalue weighted by molar-refractivity contribution is -0.121. The summed E-state index contributed by atoms with van der Waals surface area (Å²) in [6, 6.07) is 8.04. The largest absolute Gasteiger partial charge is 0.497 e. The van der Waals surface area contributed by atoms with Gasteiger partial charge in [-0.2, -0.15) is 0 Å². The van der Waals surface area contributed by atoms with Crippen LogP contribution in [0.5, 0.6) is 11.5 Å². The number of methoxy groups -OCH3 is 1. The summed E-state index contributed by atoms with van der Waals surface area (Å²) in [6.45, 7) is 1.75. The number of nitrogens with one attached hydrogen (secondary N) is 2. The van der Waals surface area contributed by atoms with Crippen LogP contribution in [0, 0.1) is 0 Å². The predicted octanol–water partition coefficient (Wildman–Crippen LogP) is 1.33. The molecular weight excluding hydrogens is 256 g/mol. The Morgan fingerprint density at radius 2 is 1.90 bits per heavy atom. The molecule has 0 spiro atoms. The Kier molecular flexibility index (Phi) is 5.68. The summed E-state index contributed by atoms with van der Waals surface area (Å²) in [4.78, 5) is 11.5. The van der Waals surface area contributed by atoms with Gasteiger partial charge in [0.15, 0.2) is 0 Å². The Hall–Kier alpha value is -1.75. The quantitative estimate of drug-likeness (QED) is 0.669. The third kappa shape index (κ3) is 5.48. The van der Waals surface area contributed by atoms with Crippen LogP contribution in [0.2, 0.25) is 0 Å². The van der Waals surface area contributed by atoms with Crippen LogP contribution in [-0.4, -0.2) is 38.8 Å². The fourth-order valence-corrected chi connectivity index (χ4v) is 1.80. The zero-order valence-electron chi connectivity index (χ0n) is 11.9. The van der Waals surface area contributed by atoms with Gasteiger partial charge >= 0.3 is 0 Å². The fraction of sp³-hybridized carbons (Fsp3) is 0.533. The number of ether oxygens (including phenoxy) is 2. The molecule has 0 radical (unpaired) electrons. The second-order valence-electron chi connectivity index (χ2n) is 4.85. The Balaban J connectivity index is 1.52. The number of rotatable bonds is 9. The van der Waals surface area contributed by atoms with Gasteiger partial charge in [0.1, 0.15) is 18.1 Å². The van der Waals surface area contributed by atoms with E-state index in [1.54, 1.807) is 7.11 Å². The maximum atomic E-state index is 11.5. The second kappa shape index (κ2) is 7.75. The van der Waals surface area contributed by atoms with Crippen molar-refractivity contribution < 1.29 is 14.3 Å². The van der Waals surface area contributed by atoms with E-state index in [0.717, 1.165) is 18.0 Å². The van der Waals surface area contributed by atoms with Gasteiger partial charge in [0.05, 0.1) is 13.7 Å². The molecule has 0 saturated heterocycles. The first-order chi connectivity index (χ1) is 9.78. The van der Waals surface area contributed by atoms with Crippen molar-refractivity contribution in [3.05, 3.63) is 24.3 Å². The Morgan fingerprint density at radius 3 is 2.55 bits per heavy atom. The number of benzene rings is 1. The fourth-order valence-electron chi connectivity index (χ4n) is 1.80. The summed E-state index contributed by atoms with van der Waals surface area (Å²) >= 11 is 0. The number of amides is 1. The van der Waals surface area contributed by atoms with Gasteiger partial charge < -0.3 is 20.1 Å². The lowest BCUT2D eigenvalue weighted by Crippen LogP contribution is -2.31. The first-order valence-electron chi connectivity index (χ1n) is 7.05. The molecule has 110 valence electrons. The Labute approximate surface area is 119 Å². The van der Waals surface area contributed by atoms with Crippen LogP contribution in [0.1, 0.15) is 19.3 Å². The summed E-state index contributed by atoms with van der Waals surface area (Å²) in [5, 5.41) is 6.15. The molecule has 0 heterocycles. The average molecular weight is 278 g/mol. The van der Waals surface area contributed by atoms with Gasteiger partial charge in [-0.15, -0.1) is 0 Å². The van der Waals surface area contributed by atoms with Crippen molar-refractivity contribution in [1.29, 1.82) is 0 Å². The van der Waals surface area contributed by atoms with Crippen molar-refractivity contribution in [3.8, 4) is 11.5 Å². The number of hydrogen-bond acceptors (Lipinski definition) is 4. The minimum absolute atomic E-state index is 0.0662. The monoisotopic (exact) mass is 278 g/mol. The Bertz CT molecular complexity index is 416. The molecule has 1 amide bonds. The van der Waals surface area contributed by atoms with Gasteiger partial charge in [0.25, 0.3) is 0 Å². The molecule has 2 rings (SSSR count). The third-order valence-corrected chi connectivity index (χ3v) is 3.11. The molecule has 0 atom stereocenters. The molecule has 1 fully saturated rings. The Morgan fingerprint density at radius 1 is 1.20 bits per heavy atom. The topological polar surface area (TPSA) is 59.6 Å². The van der Waals surface area contributed by atoms with Crippen molar-refractivity contribution in [2.45, 2.75) is 25.3 Å². The highest BCUT2D eigenvalue weighted by atomic mass is 16.5. The average Bonchev–Trinajstić information content (AvgIpc) is 3.28. The maximum Gasteiger partial charge on any atom is 0.221 e. The van der Waals surface area contributed by atoms with Gasteiger partial charge in [0, 0.05) is 19.0 Å². The number of carbonyl (C=O) groups is 1. The van der Waals surface area contributed by atoms with Gasteiger partial charge in [0.2, 0.25) is 5.91 Å². The smallest absolute Gasteiger partial charge is 0.221 e. The van der Waals surface area contributed by atoms with E-state index in [1.807, 2.05) is 24.3 Å². The standard InChI is InChI=1S/C15H22N2O3/c1-19-13-4-6-14(7-5-13)20-11-10-17-15(18)8-9-16-12-2-3-12/h4-7,12,16H,2-3,8-11H2,1H3,(H,17,18). The number of hydrogen-bond donors (Lipinski definition) is 2. The highest BCUT2D eigenvalue weighted by Crippen LogP contribution is 2.18. The zero-order valence-corrected chi connectivity index (χ0v) is 11.9. The molecule has 1 aromatic carbocycles. The summed E-state index contributed by atoms with van der Waals surface area (Å²) < 4.78 is 10.6. The first-order valence-corrected chi connectivity index (χ1v) is 7.05. The van der Waals surface area contributed by atoms with Crippen LogP contribution < -0.4 is 20.1 Å². The highest BCUT2D eigenvalue weighted by molar-refractivity contribution is 5.76. The van der Waals surface area contributed by atoms with Crippen LogP contribution in [0.25, 0.3) is 0 Å². The summed E-state index contributed by atoms with van der Waals surface area (Å²) in [5.41, 5.74) is 0. The van der Waals surface area contributed by atoms with Crippen LogP contribution in [0.4, 0.5) is 0 Å². The minimum Gasteiger partial charge on any atom is -0.497 e. The minimum atomic E-state index is 0.0662. The van der Waals surface area contributed by atoms with Crippen molar-refractivity contribution in [2.24, 2.45) is 0 Å². The molecule has 0 aromatic heterocycles. The molecular formula is C15H22N2O3. The molecule has 0 aliphatic heterocycles. The zero-order chi connectivity index (χ0) is 14.2. The van der Waals surface area contributed by atoms with E-state index in [2.05, 4.69) is 10.6 Å². The second-order valence-corrected chi connectivity index (χ2v) is 4.85. The highest BCUT2D eigenvalue weighted by Gasteiger charge is 2.19. The van der Waals surface area contributed by atoms with Crippen molar-refractivity contribution in [1.82, 2.24) is 10.6 Å². The normalized spacial score (nSPS) is 13.8. The molecule has 5 nitrogen and oxygen atoms in total. The summed E-state index contributed by atoms with van der Waals surface area (Å²) in [6.07, 6.45) is 3.02. The lowest BCUT2D eigenvalue weighted by Gasteiger charge is -2.08. The van der Waals surface area contributed by atoms with Gasteiger partial charge in [-0.1, -0.05) is 0 Å². The molecule has 1 aromatic rings. The summed E-state index contributed by atoms with van der Waals surface area (Å²) in [7, 11) is 1.63. The van der Waals surface area contributed by atoms with E-state index in [0.29, 0.717) is 25.6 Å². The molecule has 20 heavy (non-hydrogen) atoms. The van der Waals surface area contributed by atoms with E-state index in [9.17, 15) is 4.79 Å². The van der Waals surface area contributed by atoms with Crippen LogP contribution in [0.15, 0.2) is 24.3 Å². The number of carbonyl (C=O) groups excluding carboxylic acids is 1. The van der Waals surface area contributed by atoms with E-state index >= 15 is 0 Å².